The molecule has 30 heavy (non-hydrogen) atoms. The molecule has 1 saturated carbocycles. The molecule has 152 valence electrons. The third-order valence-corrected chi connectivity index (χ3v) is 5.36. The fourth-order valence-electron chi connectivity index (χ4n) is 3.60. The highest BCUT2D eigenvalue weighted by molar-refractivity contribution is 6.02. The lowest BCUT2D eigenvalue weighted by Crippen LogP contribution is -2.55. The highest BCUT2D eigenvalue weighted by Gasteiger charge is 2.59. The van der Waals surface area contributed by atoms with Crippen LogP contribution in [0.4, 0.5) is 5.82 Å². The zero-order valence-electron chi connectivity index (χ0n) is 16.2. The standard InChI is InChI=1S/C21H19N5O4/c1-26-17-14(8-5-11-22-17)30-21(9-10-21)16(20(26)28)23-18(27)19-25-24-15(29-19)12-13-6-3-2-4-7-13/h2-8,11,16H,9-10,12H2,1H3,(H,23,27). The molecule has 1 atom stereocenters. The van der Waals surface area contributed by atoms with Crippen LogP contribution in [0, 0.1) is 0 Å². The van der Waals surface area contributed by atoms with Crippen molar-refractivity contribution in [1.29, 1.82) is 0 Å². The Morgan fingerprint density at radius 3 is 2.77 bits per heavy atom. The molecular weight excluding hydrogens is 386 g/mol. The van der Waals surface area contributed by atoms with Crippen LogP contribution in [-0.2, 0) is 11.2 Å². The van der Waals surface area contributed by atoms with Crippen LogP contribution >= 0.6 is 0 Å². The van der Waals surface area contributed by atoms with E-state index in [1.54, 1.807) is 25.4 Å². The van der Waals surface area contributed by atoms with Gasteiger partial charge in [0.2, 0.25) is 5.89 Å². The average Bonchev–Trinajstić information content (AvgIpc) is 3.40. The van der Waals surface area contributed by atoms with E-state index < -0.39 is 17.6 Å². The van der Waals surface area contributed by atoms with Gasteiger partial charge in [0.1, 0.15) is 11.6 Å². The van der Waals surface area contributed by atoms with E-state index in [-0.39, 0.29) is 11.8 Å². The molecule has 9 heteroatoms. The van der Waals surface area contributed by atoms with Crippen LogP contribution in [0.25, 0.3) is 0 Å². The zero-order chi connectivity index (χ0) is 20.7. The topological polar surface area (TPSA) is 110 Å². The number of benzene rings is 1. The minimum absolute atomic E-state index is 0.188. The Labute approximate surface area is 172 Å². The Kier molecular flexibility index (Phi) is 4.23. The highest BCUT2D eigenvalue weighted by Crippen LogP contribution is 2.47. The lowest BCUT2D eigenvalue weighted by molar-refractivity contribution is -0.122. The van der Waals surface area contributed by atoms with Crippen molar-refractivity contribution in [3.8, 4) is 5.75 Å². The number of nitrogens with zero attached hydrogens (tertiary/aromatic N) is 4. The molecule has 0 bridgehead atoms. The zero-order valence-corrected chi connectivity index (χ0v) is 16.2. The summed E-state index contributed by atoms with van der Waals surface area (Å²) >= 11 is 0. The van der Waals surface area contributed by atoms with Gasteiger partial charge in [0, 0.05) is 13.2 Å². The van der Waals surface area contributed by atoms with Crippen molar-refractivity contribution in [1.82, 2.24) is 20.5 Å². The second-order valence-corrected chi connectivity index (χ2v) is 7.46. The molecule has 2 aliphatic rings. The Morgan fingerprint density at radius 1 is 1.20 bits per heavy atom. The van der Waals surface area contributed by atoms with Crippen molar-refractivity contribution in [3.63, 3.8) is 0 Å². The number of ether oxygens (including phenoxy) is 1. The summed E-state index contributed by atoms with van der Waals surface area (Å²) in [5, 5.41) is 10.5. The summed E-state index contributed by atoms with van der Waals surface area (Å²) in [5.74, 6) is 0.167. The largest absolute Gasteiger partial charge is 0.481 e. The van der Waals surface area contributed by atoms with Crippen LogP contribution in [0.1, 0.15) is 35.0 Å². The third-order valence-electron chi connectivity index (χ3n) is 5.36. The van der Waals surface area contributed by atoms with E-state index in [1.165, 1.54) is 4.90 Å². The van der Waals surface area contributed by atoms with Gasteiger partial charge in [0.25, 0.3) is 5.91 Å². The Hall–Kier alpha value is -3.75. The summed E-state index contributed by atoms with van der Waals surface area (Å²) < 4.78 is 11.6. The molecule has 0 radical (unpaired) electrons. The van der Waals surface area contributed by atoms with Crippen LogP contribution < -0.4 is 15.0 Å². The van der Waals surface area contributed by atoms with Crippen LogP contribution in [0.15, 0.2) is 53.1 Å². The van der Waals surface area contributed by atoms with Gasteiger partial charge in [0.15, 0.2) is 11.6 Å². The van der Waals surface area contributed by atoms with E-state index in [1.807, 2.05) is 30.3 Å². The summed E-state index contributed by atoms with van der Waals surface area (Å²) in [5.41, 5.74) is 0.201. The normalized spacial score (nSPS) is 19.0. The molecule has 5 rings (SSSR count). The number of hydrogen-bond donors (Lipinski definition) is 1. The second kappa shape index (κ2) is 6.94. The average molecular weight is 405 g/mol. The first-order valence-corrected chi connectivity index (χ1v) is 9.64. The summed E-state index contributed by atoms with van der Waals surface area (Å²) in [6, 6.07) is 12.2. The first-order valence-electron chi connectivity index (χ1n) is 9.64. The van der Waals surface area contributed by atoms with Gasteiger partial charge >= 0.3 is 11.8 Å². The van der Waals surface area contributed by atoms with Gasteiger partial charge in [-0.25, -0.2) is 4.98 Å². The van der Waals surface area contributed by atoms with Gasteiger partial charge in [-0.3, -0.25) is 14.5 Å². The van der Waals surface area contributed by atoms with E-state index in [4.69, 9.17) is 9.15 Å². The predicted molar refractivity (Wildman–Crippen MR) is 105 cm³/mol. The SMILES string of the molecule is CN1C(=O)C(NC(=O)c2nnc(Cc3ccccc3)o2)C2(CC2)Oc2cccnc21. The Morgan fingerprint density at radius 2 is 2.00 bits per heavy atom. The Bertz CT molecular complexity index is 1110. The predicted octanol–water partition coefficient (Wildman–Crippen LogP) is 1.74. The molecule has 3 aromatic rings. The van der Waals surface area contributed by atoms with Crippen LogP contribution in [0.2, 0.25) is 0 Å². The van der Waals surface area contributed by atoms with Crippen molar-refractivity contribution < 1.29 is 18.7 Å². The molecule has 3 heterocycles. The molecule has 1 N–H and O–H groups in total. The minimum Gasteiger partial charge on any atom is -0.481 e. The number of rotatable bonds is 4. The lowest BCUT2D eigenvalue weighted by atomic mass is 10.1. The van der Waals surface area contributed by atoms with Crippen LogP contribution in [0.3, 0.4) is 0 Å². The number of carbonyl (C=O) groups is 2. The minimum atomic E-state index is -0.881. The van der Waals surface area contributed by atoms with Crippen molar-refractivity contribution in [2.75, 3.05) is 11.9 Å². The number of carbonyl (C=O) groups excluding carboxylic acids is 2. The fourth-order valence-corrected chi connectivity index (χ4v) is 3.60. The van der Waals surface area contributed by atoms with Crippen molar-refractivity contribution in [2.45, 2.75) is 30.9 Å². The van der Waals surface area contributed by atoms with Crippen molar-refractivity contribution in [2.24, 2.45) is 0 Å². The van der Waals surface area contributed by atoms with E-state index >= 15 is 0 Å². The lowest BCUT2D eigenvalue weighted by Gasteiger charge is -2.25. The number of hydrogen-bond acceptors (Lipinski definition) is 7. The molecular formula is C21H19N5O4. The number of pyridine rings is 1. The van der Waals surface area contributed by atoms with E-state index in [0.717, 1.165) is 5.56 Å². The first-order chi connectivity index (χ1) is 14.6. The number of nitrogens with one attached hydrogen (secondary N) is 1. The smallest absolute Gasteiger partial charge is 0.309 e. The summed E-state index contributed by atoms with van der Waals surface area (Å²) in [7, 11) is 1.61. The highest BCUT2D eigenvalue weighted by atomic mass is 16.5. The molecule has 2 amide bonds. The summed E-state index contributed by atoms with van der Waals surface area (Å²) in [6.45, 7) is 0. The summed E-state index contributed by atoms with van der Waals surface area (Å²) in [6.07, 6.45) is 3.31. The molecule has 1 aliphatic heterocycles. The molecule has 1 aromatic carbocycles. The van der Waals surface area contributed by atoms with Gasteiger partial charge in [-0.15, -0.1) is 10.2 Å². The number of anilines is 1. The van der Waals surface area contributed by atoms with E-state index in [0.29, 0.717) is 36.7 Å². The maximum atomic E-state index is 13.1. The number of aromatic nitrogens is 3. The quantitative estimate of drug-likeness (QED) is 0.704. The molecule has 0 saturated heterocycles. The van der Waals surface area contributed by atoms with Gasteiger partial charge in [-0.2, -0.15) is 0 Å². The second-order valence-electron chi connectivity index (χ2n) is 7.46. The number of fused-ring (bicyclic) bond motifs is 1. The molecule has 1 unspecified atom stereocenters. The molecule has 1 aliphatic carbocycles. The number of amides is 2. The van der Waals surface area contributed by atoms with Crippen LogP contribution in [0.5, 0.6) is 5.75 Å². The van der Waals surface area contributed by atoms with Gasteiger partial charge in [-0.1, -0.05) is 30.3 Å². The molecule has 9 nitrogen and oxygen atoms in total. The van der Waals surface area contributed by atoms with Crippen molar-refractivity contribution >= 4 is 17.6 Å². The molecule has 2 aromatic heterocycles. The van der Waals surface area contributed by atoms with Gasteiger partial charge < -0.3 is 14.5 Å². The molecule has 1 spiro atoms. The third kappa shape index (κ3) is 3.18. The van der Waals surface area contributed by atoms with Gasteiger partial charge in [-0.05, 0) is 30.5 Å². The van der Waals surface area contributed by atoms with Crippen molar-refractivity contribution in [3.05, 3.63) is 66.0 Å². The van der Waals surface area contributed by atoms with E-state index in [9.17, 15) is 9.59 Å². The van der Waals surface area contributed by atoms with Gasteiger partial charge in [0.05, 0.1) is 6.42 Å². The first kappa shape index (κ1) is 18.3. The number of likely N-dealkylation sites (N-methyl/N-ethyl adjacent to an activating group) is 1. The summed E-state index contributed by atoms with van der Waals surface area (Å²) in [4.78, 5) is 31.5. The van der Waals surface area contributed by atoms with E-state index in [2.05, 4.69) is 20.5 Å². The Balaban J connectivity index is 1.35. The maximum Gasteiger partial charge on any atom is 0.309 e. The fraction of sp³-hybridized carbons (Fsp3) is 0.286. The monoisotopic (exact) mass is 405 g/mol. The maximum absolute atomic E-state index is 13.1. The molecule has 1 fully saturated rings. The van der Waals surface area contributed by atoms with Crippen LogP contribution in [-0.4, -0.2) is 45.7 Å².